The van der Waals surface area contributed by atoms with Crippen molar-refractivity contribution in [2.45, 2.75) is 13.5 Å². The van der Waals surface area contributed by atoms with Crippen LogP contribution in [-0.4, -0.2) is 20.4 Å². The summed E-state index contributed by atoms with van der Waals surface area (Å²) in [5, 5.41) is 12.0. The fourth-order valence-corrected chi connectivity index (χ4v) is 3.22. The van der Waals surface area contributed by atoms with Gasteiger partial charge in [0.05, 0.1) is 12.3 Å². The van der Waals surface area contributed by atoms with E-state index in [1.165, 1.54) is 13.0 Å². The first-order valence-electron chi connectivity index (χ1n) is 8.91. The minimum Gasteiger partial charge on any atom is -0.391 e. The third-order valence-electron chi connectivity index (χ3n) is 4.58. The van der Waals surface area contributed by atoms with Gasteiger partial charge < -0.3 is 14.8 Å². The summed E-state index contributed by atoms with van der Waals surface area (Å²) in [6.07, 6.45) is 3.49. The number of imidazole rings is 1. The SMILES string of the molecule is CC(=O)Nc1cccc(-c2cn3cc(-c4ccc(F)c(CO)c4F)ccc3n2)c1. The van der Waals surface area contributed by atoms with E-state index in [9.17, 15) is 18.7 Å². The number of aromatic nitrogens is 2. The largest absolute Gasteiger partial charge is 0.391 e. The fraction of sp³-hybridized carbons (Fsp3) is 0.0909. The number of amides is 1. The zero-order chi connectivity index (χ0) is 20.5. The lowest BCUT2D eigenvalue weighted by Crippen LogP contribution is -2.05. The Labute approximate surface area is 165 Å². The van der Waals surface area contributed by atoms with Gasteiger partial charge in [-0.05, 0) is 36.4 Å². The standard InChI is InChI=1S/C22H17F2N3O2/c1-13(29)25-16-4-2-3-14(9-16)20-11-27-10-15(5-8-21(27)26-20)17-6-7-19(23)18(12-28)22(17)24/h2-11,28H,12H2,1H3,(H,25,29). The van der Waals surface area contributed by atoms with E-state index in [0.717, 1.165) is 11.6 Å². The molecule has 29 heavy (non-hydrogen) atoms. The Morgan fingerprint density at radius 3 is 2.69 bits per heavy atom. The van der Waals surface area contributed by atoms with Crippen LogP contribution in [-0.2, 0) is 11.4 Å². The highest BCUT2D eigenvalue weighted by atomic mass is 19.1. The molecule has 2 N–H and O–H groups in total. The van der Waals surface area contributed by atoms with Gasteiger partial charge in [-0.2, -0.15) is 0 Å². The number of rotatable bonds is 4. The highest BCUT2D eigenvalue weighted by molar-refractivity contribution is 5.89. The molecule has 4 rings (SSSR count). The Bertz CT molecular complexity index is 1230. The van der Waals surface area contributed by atoms with Gasteiger partial charge >= 0.3 is 0 Å². The number of nitrogens with zero attached hydrogens (tertiary/aromatic N) is 2. The van der Waals surface area contributed by atoms with Crippen LogP contribution in [0.25, 0.3) is 28.0 Å². The van der Waals surface area contributed by atoms with Gasteiger partial charge in [0.1, 0.15) is 17.3 Å². The monoisotopic (exact) mass is 393 g/mol. The number of fused-ring (bicyclic) bond motifs is 1. The molecular formula is C22H17F2N3O2. The Hall–Kier alpha value is -3.58. The van der Waals surface area contributed by atoms with Crippen molar-refractivity contribution in [3.63, 3.8) is 0 Å². The molecule has 1 amide bonds. The first-order valence-corrected chi connectivity index (χ1v) is 8.91. The molecule has 4 aromatic rings. The van der Waals surface area contributed by atoms with Crippen molar-refractivity contribution in [3.05, 3.63) is 78.1 Å². The van der Waals surface area contributed by atoms with Crippen molar-refractivity contribution in [1.82, 2.24) is 9.38 Å². The van der Waals surface area contributed by atoms with Gasteiger partial charge in [-0.15, -0.1) is 0 Å². The number of carbonyl (C=O) groups excluding carboxylic acids is 1. The number of halogens is 2. The van der Waals surface area contributed by atoms with E-state index >= 15 is 0 Å². The smallest absolute Gasteiger partial charge is 0.221 e. The van der Waals surface area contributed by atoms with Crippen LogP contribution in [0.15, 0.2) is 60.9 Å². The lowest BCUT2D eigenvalue weighted by molar-refractivity contribution is -0.114. The Morgan fingerprint density at radius 1 is 1.10 bits per heavy atom. The van der Waals surface area contributed by atoms with E-state index < -0.39 is 18.2 Å². The average molecular weight is 393 g/mol. The summed E-state index contributed by atoms with van der Waals surface area (Å²) < 4.78 is 30.0. The summed E-state index contributed by atoms with van der Waals surface area (Å²) in [5.41, 5.74) is 3.18. The molecule has 2 heterocycles. The maximum Gasteiger partial charge on any atom is 0.221 e. The number of hydrogen-bond acceptors (Lipinski definition) is 3. The lowest BCUT2D eigenvalue weighted by Gasteiger charge is -2.08. The fourth-order valence-electron chi connectivity index (χ4n) is 3.22. The molecule has 0 saturated heterocycles. The number of carbonyl (C=O) groups is 1. The Kier molecular flexibility index (Phi) is 4.82. The van der Waals surface area contributed by atoms with Crippen LogP contribution < -0.4 is 5.32 Å². The number of pyridine rings is 1. The predicted molar refractivity (Wildman–Crippen MR) is 106 cm³/mol. The maximum atomic E-state index is 14.6. The summed E-state index contributed by atoms with van der Waals surface area (Å²) in [4.78, 5) is 15.8. The molecule has 0 aliphatic heterocycles. The Balaban J connectivity index is 1.75. The van der Waals surface area contributed by atoms with Crippen molar-refractivity contribution in [3.8, 4) is 22.4 Å². The average Bonchev–Trinajstić information content (AvgIpc) is 3.11. The molecule has 0 radical (unpaired) electrons. The molecule has 0 aliphatic rings. The summed E-state index contributed by atoms with van der Waals surface area (Å²) in [5.74, 6) is -1.72. The number of nitrogens with one attached hydrogen (secondary N) is 1. The minimum atomic E-state index is -0.782. The number of aliphatic hydroxyl groups excluding tert-OH is 1. The molecule has 0 unspecified atom stereocenters. The zero-order valence-corrected chi connectivity index (χ0v) is 15.5. The van der Waals surface area contributed by atoms with Crippen molar-refractivity contribution in [1.29, 1.82) is 0 Å². The van der Waals surface area contributed by atoms with E-state index in [4.69, 9.17) is 0 Å². The van der Waals surface area contributed by atoms with Gasteiger partial charge in [0.15, 0.2) is 0 Å². The summed E-state index contributed by atoms with van der Waals surface area (Å²) >= 11 is 0. The number of anilines is 1. The minimum absolute atomic E-state index is 0.162. The lowest BCUT2D eigenvalue weighted by atomic mass is 10.0. The van der Waals surface area contributed by atoms with Gasteiger partial charge in [0.25, 0.3) is 0 Å². The molecule has 0 atom stereocenters. The predicted octanol–water partition coefficient (Wildman–Crippen LogP) is 4.40. The molecule has 2 aromatic heterocycles. The molecule has 2 aromatic carbocycles. The summed E-state index contributed by atoms with van der Waals surface area (Å²) in [6.45, 7) is 0.726. The van der Waals surface area contributed by atoms with Crippen LogP contribution in [0.5, 0.6) is 0 Å². The zero-order valence-electron chi connectivity index (χ0n) is 15.5. The van der Waals surface area contributed by atoms with Crippen LogP contribution in [0.2, 0.25) is 0 Å². The van der Waals surface area contributed by atoms with E-state index in [1.54, 1.807) is 35.0 Å². The molecule has 7 heteroatoms. The third-order valence-corrected chi connectivity index (χ3v) is 4.58. The van der Waals surface area contributed by atoms with Gasteiger partial charge in [-0.25, -0.2) is 13.8 Å². The third kappa shape index (κ3) is 3.60. The highest BCUT2D eigenvalue weighted by Crippen LogP contribution is 2.28. The van der Waals surface area contributed by atoms with Crippen LogP contribution in [0.1, 0.15) is 12.5 Å². The van der Waals surface area contributed by atoms with Crippen molar-refractivity contribution in [2.75, 3.05) is 5.32 Å². The quantitative estimate of drug-likeness (QED) is 0.540. The van der Waals surface area contributed by atoms with Gasteiger partial charge in [0, 0.05) is 47.3 Å². The van der Waals surface area contributed by atoms with Gasteiger partial charge in [0.2, 0.25) is 5.91 Å². The van der Waals surface area contributed by atoms with Crippen molar-refractivity contribution < 1.29 is 18.7 Å². The molecule has 5 nitrogen and oxygen atoms in total. The van der Waals surface area contributed by atoms with Crippen molar-refractivity contribution in [2.24, 2.45) is 0 Å². The van der Waals surface area contributed by atoms with E-state index in [1.807, 2.05) is 18.2 Å². The molecule has 0 saturated carbocycles. The normalized spacial score (nSPS) is 11.0. The number of benzene rings is 2. The maximum absolute atomic E-state index is 14.6. The number of hydrogen-bond donors (Lipinski definition) is 2. The first kappa shape index (κ1) is 18.8. The first-order chi connectivity index (χ1) is 14.0. The van der Waals surface area contributed by atoms with Crippen LogP contribution in [0, 0.1) is 11.6 Å². The molecule has 0 fully saturated rings. The van der Waals surface area contributed by atoms with E-state index in [-0.39, 0.29) is 17.0 Å². The molecule has 0 bridgehead atoms. The molecule has 0 aliphatic carbocycles. The summed E-state index contributed by atoms with van der Waals surface area (Å²) in [6, 6.07) is 13.2. The number of aliphatic hydroxyl groups is 1. The second-order valence-corrected chi connectivity index (χ2v) is 6.62. The van der Waals surface area contributed by atoms with E-state index in [0.29, 0.717) is 22.6 Å². The molecular weight excluding hydrogens is 376 g/mol. The van der Waals surface area contributed by atoms with Crippen LogP contribution >= 0.6 is 0 Å². The molecule has 146 valence electrons. The second kappa shape index (κ2) is 7.44. The highest BCUT2D eigenvalue weighted by Gasteiger charge is 2.15. The van der Waals surface area contributed by atoms with Gasteiger partial charge in [-0.1, -0.05) is 12.1 Å². The second-order valence-electron chi connectivity index (χ2n) is 6.62. The summed E-state index contributed by atoms with van der Waals surface area (Å²) in [7, 11) is 0. The van der Waals surface area contributed by atoms with Crippen molar-refractivity contribution >= 4 is 17.2 Å². The van der Waals surface area contributed by atoms with Gasteiger partial charge in [-0.3, -0.25) is 4.79 Å². The Morgan fingerprint density at radius 2 is 1.93 bits per heavy atom. The van der Waals surface area contributed by atoms with Crippen LogP contribution in [0.4, 0.5) is 14.5 Å². The van der Waals surface area contributed by atoms with Crippen LogP contribution in [0.3, 0.4) is 0 Å². The topological polar surface area (TPSA) is 66.6 Å². The van der Waals surface area contributed by atoms with E-state index in [2.05, 4.69) is 10.3 Å². The molecule has 0 spiro atoms.